The number of halogens is 1. The number of hydrogen-bond donors (Lipinski definition) is 1. The minimum absolute atomic E-state index is 0.161. The second-order valence-corrected chi connectivity index (χ2v) is 5.76. The Morgan fingerprint density at radius 1 is 1.14 bits per heavy atom. The van der Waals surface area contributed by atoms with Crippen LogP contribution >= 0.6 is 0 Å². The van der Waals surface area contributed by atoms with Gasteiger partial charge in [0.15, 0.2) is 11.5 Å². The molecule has 0 atom stereocenters. The van der Waals surface area contributed by atoms with Gasteiger partial charge in [-0.05, 0) is 18.2 Å². The average Bonchev–Trinajstić information content (AvgIpc) is 2.70. The van der Waals surface area contributed by atoms with Crippen LogP contribution in [0.15, 0.2) is 60.2 Å². The number of nitrogens with zero attached hydrogens (tertiary/aromatic N) is 6. The molecule has 4 aromatic rings. The minimum Gasteiger partial charge on any atom is -0.324 e. The normalized spacial score (nSPS) is 10.8. The molecule has 3 heterocycles. The molecule has 0 unspecified atom stereocenters. The van der Waals surface area contributed by atoms with Crippen molar-refractivity contribution in [2.45, 2.75) is 6.54 Å². The number of hydrogen-bond acceptors (Lipinski definition) is 7. The monoisotopic (exact) mass is 377 g/mol. The zero-order valence-corrected chi connectivity index (χ0v) is 14.3. The Morgan fingerprint density at radius 3 is 2.82 bits per heavy atom. The number of nitrogens with one attached hydrogen (secondary N) is 1. The van der Waals surface area contributed by atoms with Crippen molar-refractivity contribution in [3.8, 4) is 11.5 Å². The molecule has 4 rings (SSSR count). The van der Waals surface area contributed by atoms with Crippen molar-refractivity contribution in [2.75, 3.05) is 5.32 Å². The molecule has 0 bridgehead atoms. The van der Waals surface area contributed by atoms with E-state index in [2.05, 4.69) is 30.2 Å². The van der Waals surface area contributed by atoms with Crippen molar-refractivity contribution < 1.29 is 9.18 Å². The predicted octanol–water partition coefficient (Wildman–Crippen LogP) is 1.42. The topological polar surface area (TPSA) is 116 Å². The van der Waals surface area contributed by atoms with Gasteiger partial charge in [0.2, 0.25) is 5.91 Å². The van der Waals surface area contributed by atoms with Crippen LogP contribution in [0.2, 0.25) is 0 Å². The summed E-state index contributed by atoms with van der Waals surface area (Å²) in [6.07, 6.45) is 7.09. The summed E-state index contributed by atoms with van der Waals surface area (Å²) >= 11 is 0. The van der Waals surface area contributed by atoms with E-state index in [1.807, 2.05) is 0 Å². The van der Waals surface area contributed by atoms with Crippen LogP contribution in [0.25, 0.3) is 22.6 Å². The van der Waals surface area contributed by atoms with Gasteiger partial charge in [-0.1, -0.05) is 6.07 Å². The number of carbonyl (C=O) groups is 1. The first kappa shape index (κ1) is 17.3. The third kappa shape index (κ3) is 3.56. The van der Waals surface area contributed by atoms with Crippen molar-refractivity contribution in [3.05, 3.63) is 71.6 Å². The van der Waals surface area contributed by atoms with Gasteiger partial charge in [0, 0.05) is 24.3 Å². The van der Waals surface area contributed by atoms with Gasteiger partial charge in [0.25, 0.3) is 5.56 Å². The molecule has 1 amide bonds. The van der Waals surface area contributed by atoms with E-state index >= 15 is 0 Å². The van der Waals surface area contributed by atoms with E-state index in [0.29, 0.717) is 11.4 Å². The van der Waals surface area contributed by atoms with Gasteiger partial charge in [0.1, 0.15) is 29.8 Å². The molecular weight excluding hydrogens is 365 g/mol. The molecule has 3 aromatic heterocycles. The van der Waals surface area contributed by atoms with Crippen LogP contribution in [0, 0.1) is 5.82 Å². The zero-order valence-electron chi connectivity index (χ0n) is 14.3. The Balaban J connectivity index is 1.59. The molecule has 0 spiro atoms. The van der Waals surface area contributed by atoms with Crippen molar-refractivity contribution in [1.29, 1.82) is 0 Å². The quantitative estimate of drug-likeness (QED) is 0.572. The third-order valence-corrected chi connectivity index (χ3v) is 3.79. The zero-order chi connectivity index (χ0) is 19.5. The number of rotatable bonds is 4. The van der Waals surface area contributed by atoms with Crippen molar-refractivity contribution in [3.63, 3.8) is 0 Å². The third-order valence-electron chi connectivity index (χ3n) is 3.79. The lowest BCUT2D eigenvalue weighted by molar-refractivity contribution is -0.116. The lowest BCUT2D eigenvalue weighted by atomic mass is 10.3. The highest BCUT2D eigenvalue weighted by Crippen LogP contribution is 2.12. The van der Waals surface area contributed by atoms with Crippen molar-refractivity contribution >= 4 is 22.6 Å². The number of aromatic nitrogens is 6. The van der Waals surface area contributed by atoms with Gasteiger partial charge in [-0.2, -0.15) is 0 Å². The maximum Gasteiger partial charge on any atom is 0.264 e. The van der Waals surface area contributed by atoms with Crippen LogP contribution in [0.3, 0.4) is 0 Å². The van der Waals surface area contributed by atoms with Gasteiger partial charge < -0.3 is 5.32 Å². The minimum atomic E-state index is -0.494. The second kappa shape index (κ2) is 7.27. The summed E-state index contributed by atoms with van der Waals surface area (Å²) in [4.78, 5) is 45.3. The molecule has 0 aliphatic heterocycles. The largest absolute Gasteiger partial charge is 0.324 e. The molecule has 0 aliphatic carbocycles. The molecule has 0 radical (unpaired) electrons. The van der Waals surface area contributed by atoms with Gasteiger partial charge in [-0.3, -0.25) is 19.1 Å². The molecule has 10 heteroatoms. The highest BCUT2D eigenvalue weighted by atomic mass is 19.1. The molecule has 28 heavy (non-hydrogen) atoms. The van der Waals surface area contributed by atoms with E-state index in [-0.39, 0.29) is 23.4 Å². The number of benzene rings is 1. The lowest BCUT2D eigenvalue weighted by Gasteiger charge is -2.08. The van der Waals surface area contributed by atoms with Gasteiger partial charge >= 0.3 is 0 Å². The maximum atomic E-state index is 13.2. The average molecular weight is 377 g/mol. The number of amides is 1. The van der Waals surface area contributed by atoms with Gasteiger partial charge in [0.05, 0.1) is 6.20 Å². The van der Waals surface area contributed by atoms with Crippen LogP contribution in [0.4, 0.5) is 10.1 Å². The summed E-state index contributed by atoms with van der Waals surface area (Å²) in [5.74, 6) is -0.682. The lowest BCUT2D eigenvalue weighted by Crippen LogP contribution is -2.28. The molecule has 1 N–H and O–H groups in total. The summed E-state index contributed by atoms with van der Waals surface area (Å²) in [6.45, 7) is -0.288. The Kier molecular flexibility index (Phi) is 4.50. The fourth-order valence-corrected chi connectivity index (χ4v) is 2.53. The van der Waals surface area contributed by atoms with Crippen molar-refractivity contribution in [1.82, 2.24) is 29.5 Å². The summed E-state index contributed by atoms with van der Waals surface area (Å²) in [7, 11) is 0. The molecule has 138 valence electrons. The van der Waals surface area contributed by atoms with Crippen LogP contribution in [-0.2, 0) is 11.3 Å². The predicted molar refractivity (Wildman–Crippen MR) is 97.6 cm³/mol. The smallest absolute Gasteiger partial charge is 0.264 e. The van der Waals surface area contributed by atoms with E-state index in [1.54, 1.807) is 6.07 Å². The van der Waals surface area contributed by atoms with Crippen LogP contribution < -0.4 is 10.9 Å². The first-order valence-corrected chi connectivity index (χ1v) is 8.14. The maximum absolute atomic E-state index is 13.2. The molecule has 0 fully saturated rings. The number of carbonyl (C=O) groups excluding carboxylic acids is 1. The Labute approximate surface area is 157 Å². The van der Waals surface area contributed by atoms with Gasteiger partial charge in [-0.15, -0.1) is 0 Å². The van der Waals surface area contributed by atoms with Crippen LogP contribution in [0.1, 0.15) is 0 Å². The Hall–Kier alpha value is -4.08. The number of fused-ring (bicyclic) bond motifs is 1. The number of anilines is 1. The standard InChI is InChI=1S/C18H12FN7O2/c19-11-2-1-3-12(6-11)24-15(27)9-26-10-23-16-13(18(26)28)7-22-17(25-16)14-8-20-4-5-21-14/h1-8,10H,9H2,(H,24,27). The summed E-state index contributed by atoms with van der Waals surface area (Å²) in [5.41, 5.74) is 0.459. The van der Waals surface area contributed by atoms with E-state index in [0.717, 1.165) is 4.57 Å². The second-order valence-electron chi connectivity index (χ2n) is 5.76. The molecule has 1 aromatic carbocycles. The SMILES string of the molecule is O=C(Cn1cnc2nc(-c3cnccn3)ncc2c1=O)Nc1cccc(F)c1. The fourth-order valence-electron chi connectivity index (χ4n) is 2.53. The van der Waals surface area contributed by atoms with E-state index in [9.17, 15) is 14.0 Å². The summed E-state index contributed by atoms with van der Waals surface area (Å²) in [6, 6.07) is 5.47. The van der Waals surface area contributed by atoms with Crippen LogP contribution in [0.5, 0.6) is 0 Å². The van der Waals surface area contributed by atoms with E-state index < -0.39 is 17.3 Å². The van der Waals surface area contributed by atoms with Crippen molar-refractivity contribution in [2.24, 2.45) is 0 Å². The first-order chi connectivity index (χ1) is 13.6. The molecule has 0 aliphatic rings. The van der Waals surface area contributed by atoms with Crippen LogP contribution in [-0.4, -0.2) is 35.4 Å². The Morgan fingerprint density at radius 2 is 2.04 bits per heavy atom. The van der Waals surface area contributed by atoms with Gasteiger partial charge in [-0.25, -0.2) is 24.3 Å². The molecular formula is C18H12FN7O2. The van der Waals surface area contributed by atoms with E-state index in [4.69, 9.17) is 0 Å². The molecule has 0 saturated carbocycles. The molecule has 0 saturated heterocycles. The highest BCUT2D eigenvalue weighted by molar-refractivity contribution is 5.90. The first-order valence-electron chi connectivity index (χ1n) is 8.14. The summed E-state index contributed by atoms with van der Waals surface area (Å²) < 4.78 is 14.3. The Bertz CT molecular complexity index is 1230. The molecule has 9 nitrogen and oxygen atoms in total. The van der Waals surface area contributed by atoms with E-state index in [1.165, 1.54) is 49.3 Å². The fraction of sp³-hybridized carbons (Fsp3) is 0.0556. The summed E-state index contributed by atoms with van der Waals surface area (Å²) in [5, 5.41) is 2.69. The highest BCUT2D eigenvalue weighted by Gasteiger charge is 2.12.